The molecule has 0 fully saturated rings. The first-order valence-electron chi connectivity index (χ1n) is 4.14. The van der Waals surface area contributed by atoms with Crippen LogP contribution in [0.15, 0.2) is 12.3 Å². The quantitative estimate of drug-likeness (QED) is 0.528. The van der Waals surface area contributed by atoms with Gasteiger partial charge in [0.1, 0.15) is 11.4 Å². The minimum atomic E-state index is 0.438. The number of hydrogen-bond acceptors (Lipinski definition) is 3. The average molecular weight is 197 g/mol. The molecule has 0 atom stereocenters. The molecule has 0 amide bonds. The molecule has 68 valence electrons. The highest BCUT2D eigenvalue weighted by atomic mass is 35.5. The maximum atomic E-state index is 10.4. The molecule has 1 aromatic heterocycles. The third kappa shape index (κ3) is 1.52. The van der Waals surface area contributed by atoms with Gasteiger partial charge in [-0.05, 0) is 18.1 Å². The van der Waals surface area contributed by atoms with E-state index in [4.69, 9.17) is 11.6 Å². The number of hydrogen-bond donors (Lipinski definition) is 0. The zero-order valence-electron chi connectivity index (χ0n) is 7.03. The summed E-state index contributed by atoms with van der Waals surface area (Å²) < 4.78 is 0. The largest absolute Gasteiger partial charge is 0.364 e. The molecular weight excluding hydrogens is 188 g/mol. The number of nitrogens with zero attached hydrogens (tertiary/aromatic N) is 2. The van der Waals surface area contributed by atoms with E-state index in [9.17, 15) is 4.79 Å². The van der Waals surface area contributed by atoms with Crippen molar-refractivity contribution in [2.45, 2.75) is 6.42 Å². The molecule has 2 heterocycles. The first-order chi connectivity index (χ1) is 6.31. The van der Waals surface area contributed by atoms with E-state index in [0.717, 1.165) is 24.9 Å². The predicted octanol–water partition coefficient (Wildman–Crippen LogP) is 1.30. The van der Waals surface area contributed by atoms with E-state index in [1.807, 2.05) is 11.0 Å². The number of aldehydes is 1. The zero-order chi connectivity index (χ0) is 9.26. The molecule has 1 aromatic rings. The van der Waals surface area contributed by atoms with Crippen LogP contribution >= 0.6 is 11.6 Å². The number of rotatable bonds is 2. The van der Waals surface area contributed by atoms with Crippen molar-refractivity contribution in [3.8, 4) is 0 Å². The van der Waals surface area contributed by atoms with Crippen LogP contribution in [0.2, 0.25) is 5.15 Å². The molecular formula is C9H9ClN2O. The molecule has 0 unspecified atom stereocenters. The van der Waals surface area contributed by atoms with Gasteiger partial charge in [-0.25, -0.2) is 4.98 Å². The van der Waals surface area contributed by atoms with Crippen LogP contribution in [0.1, 0.15) is 5.56 Å². The van der Waals surface area contributed by atoms with Crippen LogP contribution < -0.4 is 4.90 Å². The van der Waals surface area contributed by atoms with Crippen LogP contribution in [0, 0.1) is 0 Å². The second-order valence-electron chi connectivity index (χ2n) is 3.00. The Morgan fingerprint density at radius 1 is 1.69 bits per heavy atom. The van der Waals surface area contributed by atoms with Crippen LogP contribution in [-0.4, -0.2) is 24.4 Å². The Balaban J connectivity index is 2.34. The molecule has 0 aliphatic carbocycles. The first-order valence-corrected chi connectivity index (χ1v) is 4.52. The van der Waals surface area contributed by atoms with E-state index in [2.05, 4.69) is 4.98 Å². The summed E-state index contributed by atoms with van der Waals surface area (Å²) in [7, 11) is 0. The second-order valence-corrected chi connectivity index (χ2v) is 3.39. The molecule has 1 aliphatic rings. The van der Waals surface area contributed by atoms with Crippen molar-refractivity contribution < 1.29 is 4.79 Å². The Bertz CT molecular complexity index is 340. The van der Waals surface area contributed by atoms with Crippen molar-refractivity contribution in [2.75, 3.05) is 18.0 Å². The zero-order valence-corrected chi connectivity index (χ0v) is 7.79. The summed E-state index contributed by atoms with van der Waals surface area (Å²) in [6.07, 6.45) is 3.64. The van der Waals surface area contributed by atoms with Crippen LogP contribution in [0.3, 0.4) is 0 Å². The number of halogens is 1. The molecule has 0 saturated carbocycles. The molecule has 0 radical (unpaired) electrons. The highest BCUT2D eigenvalue weighted by Gasteiger charge is 2.18. The van der Waals surface area contributed by atoms with Gasteiger partial charge in [-0.15, -0.1) is 0 Å². The van der Waals surface area contributed by atoms with Gasteiger partial charge in [-0.1, -0.05) is 11.6 Å². The minimum Gasteiger partial charge on any atom is -0.364 e. The molecule has 4 heteroatoms. The molecule has 0 saturated heterocycles. The van der Waals surface area contributed by atoms with E-state index in [0.29, 0.717) is 11.7 Å². The van der Waals surface area contributed by atoms with Gasteiger partial charge < -0.3 is 9.69 Å². The Morgan fingerprint density at radius 3 is 3.31 bits per heavy atom. The number of fused-ring (bicyclic) bond motifs is 1. The van der Waals surface area contributed by atoms with Crippen molar-refractivity contribution in [3.63, 3.8) is 0 Å². The Kier molecular flexibility index (Phi) is 2.19. The molecule has 13 heavy (non-hydrogen) atoms. The summed E-state index contributed by atoms with van der Waals surface area (Å²) in [5.41, 5.74) is 2.22. The number of pyridine rings is 1. The SMILES string of the molecule is O=CCN1CCc2cnc(Cl)cc21. The molecule has 0 aromatic carbocycles. The van der Waals surface area contributed by atoms with Crippen molar-refractivity contribution in [1.29, 1.82) is 0 Å². The summed E-state index contributed by atoms with van der Waals surface area (Å²) in [4.78, 5) is 16.4. The molecule has 3 nitrogen and oxygen atoms in total. The molecule has 0 bridgehead atoms. The minimum absolute atomic E-state index is 0.438. The Labute approximate surface area is 81.3 Å². The summed E-state index contributed by atoms with van der Waals surface area (Å²) in [5, 5.41) is 0.483. The summed E-state index contributed by atoms with van der Waals surface area (Å²) >= 11 is 5.76. The van der Waals surface area contributed by atoms with Gasteiger partial charge in [0.05, 0.1) is 6.54 Å². The van der Waals surface area contributed by atoms with Crippen molar-refractivity contribution >= 4 is 23.6 Å². The predicted molar refractivity (Wildman–Crippen MR) is 51.2 cm³/mol. The van der Waals surface area contributed by atoms with Gasteiger partial charge in [-0.3, -0.25) is 0 Å². The van der Waals surface area contributed by atoms with Gasteiger partial charge in [0, 0.05) is 18.4 Å². The maximum Gasteiger partial charge on any atom is 0.139 e. The van der Waals surface area contributed by atoms with Crippen LogP contribution in [0.25, 0.3) is 0 Å². The fourth-order valence-corrected chi connectivity index (χ4v) is 1.74. The molecule has 2 rings (SSSR count). The fourth-order valence-electron chi connectivity index (χ4n) is 1.59. The summed E-state index contributed by atoms with van der Waals surface area (Å²) in [6, 6.07) is 1.81. The average Bonchev–Trinajstić information content (AvgIpc) is 2.49. The molecule has 1 aliphatic heterocycles. The van der Waals surface area contributed by atoms with E-state index in [1.54, 1.807) is 6.20 Å². The third-order valence-corrected chi connectivity index (χ3v) is 2.42. The second kappa shape index (κ2) is 3.34. The van der Waals surface area contributed by atoms with Gasteiger partial charge >= 0.3 is 0 Å². The van der Waals surface area contributed by atoms with Crippen LogP contribution in [-0.2, 0) is 11.2 Å². The Morgan fingerprint density at radius 2 is 2.54 bits per heavy atom. The number of aromatic nitrogens is 1. The lowest BCUT2D eigenvalue weighted by atomic mass is 10.2. The number of carbonyl (C=O) groups excluding carboxylic acids is 1. The van der Waals surface area contributed by atoms with Gasteiger partial charge in [0.2, 0.25) is 0 Å². The number of carbonyl (C=O) groups is 1. The first kappa shape index (κ1) is 8.51. The lowest BCUT2D eigenvalue weighted by Crippen LogP contribution is -2.22. The lowest BCUT2D eigenvalue weighted by Gasteiger charge is -2.15. The van der Waals surface area contributed by atoms with Crippen molar-refractivity contribution in [3.05, 3.63) is 23.0 Å². The Hall–Kier alpha value is -1.09. The summed E-state index contributed by atoms with van der Waals surface area (Å²) in [6.45, 7) is 1.32. The van der Waals surface area contributed by atoms with Crippen LogP contribution in [0.4, 0.5) is 5.69 Å². The van der Waals surface area contributed by atoms with Crippen LogP contribution in [0.5, 0.6) is 0 Å². The maximum absolute atomic E-state index is 10.4. The normalized spacial score (nSPS) is 14.4. The van der Waals surface area contributed by atoms with E-state index in [1.165, 1.54) is 5.56 Å². The van der Waals surface area contributed by atoms with Crippen molar-refractivity contribution in [1.82, 2.24) is 4.98 Å². The fraction of sp³-hybridized carbons (Fsp3) is 0.333. The molecule has 0 N–H and O–H groups in total. The van der Waals surface area contributed by atoms with Crippen molar-refractivity contribution in [2.24, 2.45) is 0 Å². The summed E-state index contributed by atoms with van der Waals surface area (Å²) in [5.74, 6) is 0. The standard InChI is InChI=1S/C9H9ClN2O/c10-9-5-8-7(6-11-9)1-2-12(8)3-4-13/h4-6H,1-3H2. The smallest absolute Gasteiger partial charge is 0.139 e. The monoisotopic (exact) mass is 196 g/mol. The van der Waals surface area contributed by atoms with E-state index >= 15 is 0 Å². The lowest BCUT2D eigenvalue weighted by molar-refractivity contribution is -0.106. The van der Waals surface area contributed by atoms with Gasteiger partial charge in [0.15, 0.2) is 0 Å². The molecule has 0 spiro atoms. The van der Waals surface area contributed by atoms with E-state index < -0.39 is 0 Å². The van der Waals surface area contributed by atoms with E-state index in [-0.39, 0.29) is 0 Å². The highest BCUT2D eigenvalue weighted by molar-refractivity contribution is 6.29. The number of anilines is 1. The highest BCUT2D eigenvalue weighted by Crippen LogP contribution is 2.28. The third-order valence-electron chi connectivity index (χ3n) is 2.22. The van der Waals surface area contributed by atoms with Gasteiger partial charge in [0.25, 0.3) is 0 Å². The van der Waals surface area contributed by atoms with Gasteiger partial charge in [-0.2, -0.15) is 0 Å². The topological polar surface area (TPSA) is 33.2 Å².